The minimum absolute atomic E-state index is 0.445. The van der Waals surface area contributed by atoms with Gasteiger partial charge in [0.1, 0.15) is 5.75 Å². The second kappa shape index (κ2) is 15.7. The summed E-state index contributed by atoms with van der Waals surface area (Å²) in [6.07, 6.45) is 7.80. The van der Waals surface area contributed by atoms with Crippen LogP contribution in [0, 0.1) is 27.7 Å². The van der Waals surface area contributed by atoms with E-state index in [1.165, 1.54) is 5.70 Å². The lowest BCUT2D eigenvalue weighted by Crippen LogP contribution is -2.44. The van der Waals surface area contributed by atoms with Crippen molar-refractivity contribution in [2.75, 3.05) is 39.8 Å². The Labute approximate surface area is 298 Å². The lowest BCUT2D eigenvalue weighted by Gasteiger charge is -2.36. The molecule has 0 saturated carbocycles. The van der Waals surface area contributed by atoms with Crippen LogP contribution >= 0.6 is 23.2 Å². The van der Waals surface area contributed by atoms with Crippen molar-refractivity contribution in [3.05, 3.63) is 91.5 Å². The summed E-state index contributed by atoms with van der Waals surface area (Å²) in [5.41, 5.74) is 9.84. The molecule has 2 N–H and O–H groups in total. The summed E-state index contributed by atoms with van der Waals surface area (Å²) < 4.78 is 7.81. The van der Waals surface area contributed by atoms with E-state index in [-0.39, 0.29) is 0 Å². The van der Waals surface area contributed by atoms with Crippen molar-refractivity contribution >= 4 is 46.4 Å². The van der Waals surface area contributed by atoms with Gasteiger partial charge in [0, 0.05) is 66.2 Å². The van der Waals surface area contributed by atoms with E-state index in [0.717, 1.165) is 113 Å². The van der Waals surface area contributed by atoms with Crippen molar-refractivity contribution in [2.45, 2.75) is 53.4 Å². The van der Waals surface area contributed by atoms with Gasteiger partial charge in [-0.3, -0.25) is 9.48 Å². The van der Waals surface area contributed by atoms with E-state index in [0.29, 0.717) is 29.3 Å². The number of aromatic nitrogens is 3. The van der Waals surface area contributed by atoms with Gasteiger partial charge in [0.05, 0.1) is 34.1 Å². The number of fused-ring (bicyclic) bond motifs is 1. The lowest BCUT2D eigenvalue weighted by atomic mass is 9.98. The zero-order valence-corrected chi connectivity index (χ0v) is 30.6. The molecule has 0 spiro atoms. The molecule has 11 heteroatoms. The van der Waals surface area contributed by atoms with E-state index in [1.54, 1.807) is 0 Å². The van der Waals surface area contributed by atoms with E-state index < -0.39 is 5.97 Å². The molecule has 0 bridgehead atoms. The fraction of sp³-hybridized carbons (Fsp3) is 0.395. The number of piperazine rings is 1. The van der Waals surface area contributed by atoms with Gasteiger partial charge < -0.3 is 24.6 Å². The average molecular weight is 707 g/mol. The standard InChI is InChI=1S/C26H27Cl2N3O2.C12H18N2O2/c1-14-11-18(12-15(2)25(14)28)33-10-6-7-19-20-8-9-21(27)24(26(20)29-22(19)13-32)23-16(3)30-31(5)17(23)4;1-13-5-7-14(8-6-13)11-4-2-3-10(9-11)12(15)16/h8-9,11-13,29H,6-7,10H2,1-5H3;3,9H,2,4-8H2,1H3,(H,15,16). The number of nitrogens with one attached hydrogen (secondary N) is 1. The second-order valence-electron chi connectivity index (χ2n) is 12.9. The number of aryl methyl sites for hydroxylation is 5. The fourth-order valence-corrected chi connectivity index (χ4v) is 7.03. The van der Waals surface area contributed by atoms with E-state index in [1.807, 2.05) is 75.8 Å². The Hall–Kier alpha value is -4.05. The van der Waals surface area contributed by atoms with Crippen LogP contribution in [0.15, 0.2) is 47.7 Å². The third-order valence-electron chi connectivity index (χ3n) is 9.43. The zero-order chi connectivity index (χ0) is 35.4. The number of hydrogen-bond donors (Lipinski definition) is 2. The van der Waals surface area contributed by atoms with Gasteiger partial charge in [0.2, 0.25) is 0 Å². The summed E-state index contributed by atoms with van der Waals surface area (Å²) in [5.74, 6) is -0.00754. The van der Waals surface area contributed by atoms with E-state index in [4.69, 9.17) is 33.0 Å². The van der Waals surface area contributed by atoms with Crippen molar-refractivity contribution in [1.29, 1.82) is 0 Å². The number of benzene rings is 2. The van der Waals surface area contributed by atoms with Crippen molar-refractivity contribution < 1.29 is 19.4 Å². The van der Waals surface area contributed by atoms with E-state index in [9.17, 15) is 9.59 Å². The molecule has 9 nitrogen and oxygen atoms in total. The Morgan fingerprint density at radius 1 is 1.04 bits per heavy atom. The molecule has 2 aromatic heterocycles. The minimum Gasteiger partial charge on any atom is -0.494 e. The van der Waals surface area contributed by atoms with E-state index >= 15 is 0 Å². The predicted octanol–water partition coefficient (Wildman–Crippen LogP) is 7.86. The van der Waals surface area contributed by atoms with Crippen LogP contribution in [-0.4, -0.2) is 81.8 Å². The zero-order valence-electron chi connectivity index (χ0n) is 29.1. The van der Waals surface area contributed by atoms with Crippen LogP contribution in [0.5, 0.6) is 5.75 Å². The summed E-state index contributed by atoms with van der Waals surface area (Å²) in [7, 11) is 4.04. The molecule has 2 aliphatic rings. The first-order chi connectivity index (χ1) is 23.4. The Kier molecular flexibility index (Phi) is 11.6. The van der Waals surface area contributed by atoms with Crippen molar-refractivity contribution in [2.24, 2.45) is 7.05 Å². The summed E-state index contributed by atoms with van der Waals surface area (Å²) in [6.45, 7) is 12.6. The molecular weight excluding hydrogens is 661 g/mol. The summed E-state index contributed by atoms with van der Waals surface area (Å²) in [5, 5.41) is 15.9. The van der Waals surface area contributed by atoms with Crippen molar-refractivity contribution in [3.63, 3.8) is 0 Å². The van der Waals surface area contributed by atoms with Crippen molar-refractivity contribution in [1.82, 2.24) is 24.6 Å². The largest absolute Gasteiger partial charge is 0.494 e. The van der Waals surface area contributed by atoms with Crippen LogP contribution in [-0.2, 0) is 18.3 Å². The molecule has 6 rings (SSSR count). The molecule has 2 aromatic carbocycles. The molecule has 1 aliphatic heterocycles. The molecule has 4 aromatic rings. The monoisotopic (exact) mass is 705 g/mol. The summed E-state index contributed by atoms with van der Waals surface area (Å²) in [6, 6.07) is 7.77. The van der Waals surface area contributed by atoms with Crippen LogP contribution in [0.4, 0.5) is 0 Å². The Morgan fingerprint density at radius 3 is 2.35 bits per heavy atom. The highest BCUT2D eigenvalue weighted by Gasteiger charge is 2.22. The first-order valence-corrected chi connectivity index (χ1v) is 17.4. The number of rotatable bonds is 9. The quantitative estimate of drug-likeness (QED) is 0.135. The molecule has 1 fully saturated rings. The van der Waals surface area contributed by atoms with E-state index in [2.05, 4.69) is 26.9 Å². The molecule has 49 heavy (non-hydrogen) atoms. The second-order valence-corrected chi connectivity index (χ2v) is 13.7. The molecule has 0 unspecified atom stereocenters. The number of ether oxygens (including phenoxy) is 1. The number of carbonyl (C=O) groups excluding carboxylic acids is 1. The number of carboxylic acids is 1. The number of hydrogen-bond acceptors (Lipinski definition) is 6. The topological polar surface area (TPSA) is 104 Å². The molecule has 1 saturated heterocycles. The Morgan fingerprint density at radius 2 is 1.73 bits per heavy atom. The third kappa shape index (κ3) is 8.06. The Balaban J connectivity index is 0.000000244. The molecule has 0 atom stereocenters. The normalized spacial score (nSPS) is 15.1. The first-order valence-electron chi connectivity index (χ1n) is 16.6. The van der Waals surface area contributed by atoms with Crippen LogP contribution in [0.3, 0.4) is 0 Å². The Bertz CT molecular complexity index is 1910. The molecule has 0 amide bonds. The number of allylic oxidation sites excluding steroid dienone is 2. The van der Waals surface area contributed by atoms with Crippen LogP contribution in [0.1, 0.15) is 57.8 Å². The molecule has 1 aliphatic carbocycles. The predicted molar refractivity (Wildman–Crippen MR) is 197 cm³/mol. The fourth-order valence-electron chi connectivity index (χ4n) is 6.67. The lowest BCUT2D eigenvalue weighted by molar-refractivity contribution is -0.132. The highest BCUT2D eigenvalue weighted by Crippen LogP contribution is 2.40. The molecule has 260 valence electrons. The molecule has 3 heterocycles. The maximum atomic E-state index is 11.9. The highest BCUT2D eigenvalue weighted by atomic mass is 35.5. The molecular formula is C38H45Cl2N5O4. The van der Waals surface area contributed by atoms with Gasteiger partial charge in [-0.2, -0.15) is 5.10 Å². The number of aromatic amines is 1. The third-order valence-corrected chi connectivity index (χ3v) is 10.3. The number of H-pyrrole nitrogens is 1. The maximum Gasteiger partial charge on any atom is 0.335 e. The number of likely N-dealkylation sites (N-methyl/N-ethyl adjacent to an activating group) is 1. The minimum atomic E-state index is -0.814. The van der Waals surface area contributed by atoms with Gasteiger partial charge in [-0.1, -0.05) is 35.3 Å². The number of halogens is 2. The number of carboxylic acid groups (broad SMARTS) is 1. The van der Waals surface area contributed by atoms with Gasteiger partial charge in [0.25, 0.3) is 0 Å². The van der Waals surface area contributed by atoms with Crippen LogP contribution in [0.2, 0.25) is 10.0 Å². The first kappa shape index (κ1) is 36.2. The number of aliphatic carboxylic acids is 1. The summed E-state index contributed by atoms with van der Waals surface area (Å²) >= 11 is 12.9. The SMILES string of the molecule is CN1CCN(C2=CC(C(=O)O)=CCC2)CC1.Cc1cc(OCCCc2c(C=O)[nH]c3c(-c4c(C)nn(C)c4C)c(Cl)ccc23)cc(C)c1Cl. The van der Waals surface area contributed by atoms with Gasteiger partial charge >= 0.3 is 5.97 Å². The number of nitrogens with zero attached hydrogens (tertiary/aromatic N) is 4. The van der Waals surface area contributed by atoms with Gasteiger partial charge in [0.15, 0.2) is 6.29 Å². The number of carbonyl (C=O) groups is 2. The summed E-state index contributed by atoms with van der Waals surface area (Å²) in [4.78, 5) is 30.7. The average Bonchev–Trinajstić information content (AvgIpc) is 3.56. The smallest absolute Gasteiger partial charge is 0.335 e. The van der Waals surface area contributed by atoms with Gasteiger partial charge in [-0.05, 0) is 101 Å². The van der Waals surface area contributed by atoms with Crippen LogP contribution < -0.4 is 4.74 Å². The maximum absolute atomic E-state index is 11.9. The van der Waals surface area contributed by atoms with Gasteiger partial charge in [-0.25, -0.2) is 4.79 Å². The van der Waals surface area contributed by atoms with Gasteiger partial charge in [-0.15, -0.1) is 0 Å². The highest BCUT2D eigenvalue weighted by molar-refractivity contribution is 6.35. The van der Waals surface area contributed by atoms with Crippen molar-refractivity contribution in [3.8, 4) is 16.9 Å². The van der Waals surface area contributed by atoms with Crippen LogP contribution in [0.25, 0.3) is 22.0 Å². The number of aldehydes is 1. The molecule has 0 radical (unpaired) electrons.